The maximum absolute atomic E-state index is 14.4. The third-order valence-electron chi connectivity index (χ3n) is 9.97. The van der Waals surface area contributed by atoms with E-state index in [0.29, 0.717) is 122 Å². The molecular formula is C38H55ClN12O5. The lowest BCUT2D eigenvalue weighted by Gasteiger charge is -2.36. The topological polar surface area (TPSA) is 187 Å². The summed E-state index contributed by atoms with van der Waals surface area (Å²) in [6.45, 7) is 11.9. The van der Waals surface area contributed by atoms with Crippen molar-refractivity contribution in [2.45, 2.75) is 38.8 Å². The summed E-state index contributed by atoms with van der Waals surface area (Å²) >= 11 is 0. The van der Waals surface area contributed by atoms with Crippen LogP contribution in [-0.4, -0.2) is 144 Å². The van der Waals surface area contributed by atoms with Crippen molar-refractivity contribution in [3.8, 4) is 12.3 Å². The number of hydrogen-bond acceptors (Lipinski definition) is 14. The van der Waals surface area contributed by atoms with E-state index in [9.17, 15) is 4.79 Å². The van der Waals surface area contributed by atoms with Gasteiger partial charge in [0.1, 0.15) is 12.6 Å². The highest BCUT2D eigenvalue weighted by atomic mass is 35.5. The Hall–Kier alpha value is -4.57. The van der Waals surface area contributed by atoms with E-state index in [4.69, 9.17) is 46.1 Å². The SMILES string of the molecule is C#CCOCCOCCOCCNc1nc(N2CCOCC2)nc(N2CCN(C(=O)[C@@H](Cc3cc4ccccc4[nH]3)n3cc([C@@H](N)C(C)CC)nn3)CC2)n1.Cl. The molecule has 2 aliphatic rings. The van der Waals surface area contributed by atoms with Gasteiger partial charge < -0.3 is 49.7 Å². The molecule has 17 nitrogen and oxygen atoms in total. The van der Waals surface area contributed by atoms with E-state index in [1.54, 1.807) is 4.68 Å². The fourth-order valence-electron chi connectivity index (χ4n) is 6.51. The number of amides is 1. The van der Waals surface area contributed by atoms with Gasteiger partial charge in [0.25, 0.3) is 0 Å². The number of fused-ring (bicyclic) bond motifs is 1. The molecule has 18 heteroatoms. The number of carbonyl (C=O) groups is 1. The Morgan fingerprint density at radius 3 is 2.36 bits per heavy atom. The highest BCUT2D eigenvalue weighted by Crippen LogP contribution is 2.26. The number of ether oxygens (including phenoxy) is 4. The molecule has 0 bridgehead atoms. The normalized spacial score (nSPS) is 16.3. The molecule has 1 amide bonds. The summed E-state index contributed by atoms with van der Waals surface area (Å²) in [5.41, 5.74) is 9.18. The molecule has 0 spiro atoms. The van der Waals surface area contributed by atoms with Gasteiger partial charge in [0.15, 0.2) is 0 Å². The number of rotatable bonds is 20. The molecule has 4 aromatic rings. The summed E-state index contributed by atoms with van der Waals surface area (Å²) in [4.78, 5) is 38.4. The lowest BCUT2D eigenvalue weighted by Crippen LogP contribution is -2.51. The number of halogens is 1. The Balaban J connectivity index is 0.00000600. The lowest BCUT2D eigenvalue weighted by atomic mass is 9.98. The summed E-state index contributed by atoms with van der Waals surface area (Å²) in [5, 5.41) is 13.3. The number of H-pyrrole nitrogens is 1. The predicted molar refractivity (Wildman–Crippen MR) is 216 cm³/mol. The van der Waals surface area contributed by atoms with Crippen LogP contribution in [0, 0.1) is 18.3 Å². The van der Waals surface area contributed by atoms with Crippen molar-refractivity contribution >= 4 is 47.1 Å². The molecule has 0 aliphatic carbocycles. The molecule has 0 saturated carbocycles. The number of aromatic nitrogens is 7. The maximum atomic E-state index is 14.4. The van der Waals surface area contributed by atoms with Crippen LogP contribution in [-0.2, 0) is 30.2 Å². The van der Waals surface area contributed by atoms with E-state index < -0.39 is 6.04 Å². The van der Waals surface area contributed by atoms with E-state index in [2.05, 4.69) is 62.3 Å². The zero-order chi connectivity index (χ0) is 38.4. The van der Waals surface area contributed by atoms with Crippen LogP contribution in [0.2, 0.25) is 0 Å². The van der Waals surface area contributed by atoms with Gasteiger partial charge in [-0.1, -0.05) is 49.6 Å². The van der Waals surface area contributed by atoms with Crippen LogP contribution in [0.3, 0.4) is 0 Å². The van der Waals surface area contributed by atoms with Crippen molar-refractivity contribution in [2.24, 2.45) is 11.7 Å². The van der Waals surface area contributed by atoms with Gasteiger partial charge in [-0.25, -0.2) is 4.68 Å². The van der Waals surface area contributed by atoms with E-state index in [0.717, 1.165) is 23.0 Å². The van der Waals surface area contributed by atoms with E-state index >= 15 is 0 Å². The second-order valence-electron chi connectivity index (χ2n) is 13.7. The van der Waals surface area contributed by atoms with Crippen LogP contribution < -0.4 is 20.9 Å². The van der Waals surface area contributed by atoms with Crippen LogP contribution in [0.25, 0.3) is 10.9 Å². The molecule has 1 unspecified atom stereocenters. The molecule has 6 rings (SSSR count). The zero-order valence-corrected chi connectivity index (χ0v) is 33.2. The number of nitrogens with one attached hydrogen (secondary N) is 2. The number of anilines is 3. The Morgan fingerprint density at radius 2 is 1.66 bits per heavy atom. The first-order valence-electron chi connectivity index (χ1n) is 19.2. The number of terminal acetylenes is 1. The van der Waals surface area contributed by atoms with Crippen LogP contribution in [0.1, 0.15) is 43.7 Å². The number of nitrogens with two attached hydrogens (primary N) is 1. The van der Waals surface area contributed by atoms with Gasteiger partial charge in [-0.3, -0.25) is 4.79 Å². The molecule has 5 heterocycles. The fourth-order valence-corrected chi connectivity index (χ4v) is 6.51. The maximum Gasteiger partial charge on any atom is 0.248 e. The number of morpholine rings is 1. The van der Waals surface area contributed by atoms with Gasteiger partial charge in [-0.15, -0.1) is 23.9 Å². The first-order chi connectivity index (χ1) is 26.9. The van der Waals surface area contributed by atoms with Crippen LogP contribution in [0.5, 0.6) is 0 Å². The van der Waals surface area contributed by atoms with Crippen molar-refractivity contribution in [1.82, 2.24) is 39.8 Å². The average molecular weight is 795 g/mol. The van der Waals surface area contributed by atoms with Crippen molar-refractivity contribution in [2.75, 3.05) is 114 Å². The first-order valence-corrected chi connectivity index (χ1v) is 19.2. The highest BCUT2D eigenvalue weighted by Gasteiger charge is 2.32. The van der Waals surface area contributed by atoms with Gasteiger partial charge in [-0.05, 0) is 23.4 Å². The summed E-state index contributed by atoms with van der Waals surface area (Å²) in [6, 6.07) is 9.32. The minimum absolute atomic E-state index is 0. The largest absolute Gasteiger partial charge is 0.378 e. The molecule has 2 fully saturated rings. The Kier molecular flexibility index (Phi) is 16.5. The molecule has 2 saturated heterocycles. The van der Waals surface area contributed by atoms with Crippen molar-refractivity contribution in [3.63, 3.8) is 0 Å². The summed E-state index contributed by atoms with van der Waals surface area (Å²) in [6.07, 6.45) is 8.36. The quantitative estimate of drug-likeness (QED) is 0.0875. The number of para-hydroxylation sites is 1. The van der Waals surface area contributed by atoms with Gasteiger partial charge in [0.05, 0.1) is 64.2 Å². The van der Waals surface area contributed by atoms with E-state index in [-0.39, 0.29) is 36.9 Å². The molecule has 0 radical (unpaired) electrons. The van der Waals surface area contributed by atoms with Crippen LogP contribution in [0.15, 0.2) is 36.5 Å². The monoisotopic (exact) mass is 794 g/mol. The smallest absolute Gasteiger partial charge is 0.248 e. The number of carbonyl (C=O) groups excluding carboxylic acids is 1. The number of nitrogens with zero attached hydrogens (tertiary/aromatic N) is 9. The van der Waals surface area contributed by atoms with E-state index in [1.807, 2.05) is 29.3 Å². The lowest BCUT2D eigenvalue weighted by molar-refractivity contribution is -0.135. The molecular weight excluding hydrogens is 740 g/mol. The molecule has 4 N–H and O–H groups in total. The van der Waals surface area contributed by atoms with Crippen molar-refractivity contribution in [3.05, 3.63) is 47.9 Å². The predicted octanol–water partition coefficient (Wildman–Crippen LogP) is 2.48. The van der Waals surface area contributed by atoms with Crippen LogP contribution in [0.4, 0.5) is 17.8 Å². The minimum Gasteiger partial charge on any atom is -0.378 e. The van der Waals surface area contributed by atoms with Crippen LogP contribution >= 0.6 is 12.4 Å². The number of piperazine rings is 1. The van der Waals surface area contributed by atoms with Crippen molar-refractivity contribution < 1.29 is 23.7 Å². The molecule has 3 atom stereocenters. The summed E-state index contributed by atoms with van der Waals surface area (Å²) in [7, 11) is 0. The van der Waals surface area contributed by atoms with Crippen molar-refractivity contribution in [1.29, 1.82) is 0 Å². The van der Waals surface area contributed by atoms with Gasteiger partial charge in [-0.2, -0.15) is 15.0 Å². The number of aromatic amines is 1. The molecule has 2 aliphatic heterocycles. The third kappa shape index (κ3) is 11.5. The summed E-state index contributed by atoms with van der Waals surface area (Å²) < 4.78 is 23.7. The number of hydrogen-bond donors (Lipinski definition) is 3. The minimum atomic E-state index is -0.604. The van der Waals surface area contributed by atoms with Gasteiger partial charge >= 0.3 is 0 Å². The molecule has 1 aromatic carbocycles. The Bertz CT molecular complexity index is 1810. The van der Waals surface area contributed by atoms with E-state index in [1.165, 1.54) is 0 Å². The van der Waals surface area contributed by atoms with Gasteiger partial charge in [0.2, 0.25) is 23.8 Å². The second kappa shape index (κ2) is 21.7. The standard InChI is InChI=1S/C38H54N12O5.ClH/c1-4-17-52-21-23-55-24-22-53-18-10-40-36-42-37(44-38(43-36)49-15-19-54-20-16-49)48-13-11-47(12-14-48)35(51)33(26-30-25-29-8-6-7-9-31(29)41-30)50-27-32(45-46-50)34(39)28(3)5-2;/h1,6-9,25,27-28,33-34,41H,5,10-24,26,39H2,2-3H3,(H,40,42,43,44);1H/t28?,33-,34+;/m1./s1. The first kappa shape index (κ1) is 42.6. The molecule has 3 aromatic heterocycles. The molecule has 304 valence electrons. The average Bonchev–Trinajstić information content (AvgIpc) is 3.89. The fraction of sp³-hybridized carbons (Fsp3) is 0.579. The Morgan fingerprint density at radius 1 is 0.982 bits per heavy atom. The number of benzene rings is 1. The molecule has 56 heavy (non-hydrogen) atoms. The second-order valence-corrected chi connectivity index (χ2v) is 13.7. The highest BCUT2D eigenvalue weighted by molar-refractivity contribution is 5.85. The summed E-state index contributed by atoms with van der Waals surface area (Å²) in [5.74, 6) is 4.24. The van der Waals surface area contributed by atoms with Gasteiger partial charge in [0, 0.05) is 63.4 Å². The third-order valence-corrected chi connectivity index (χ3v) is 9.97. The Labute approximate surface area is 334 Å². The zero-order valence-electron chi connectivity index (χ0n) is 32.3.